The summed E-state index contributed by atoms with van der Waals surface area (Å²) in [6.07, 6.45) is -2.22. The second-order valence-corrected chi connectivity index (χ2v) is 4.09. The second kappa shape index (κ2) is 3.85. The SMILES string of the molecule is O=C1OCC(COS(=O)(=O)C(F)(F)F)O1. The van der Waals surface area contributed by atoms with Crippen molar-refractivity contribution in [3.63, 3.8) is 0 Å². The molecule has 0 bridgehead atoms. The van der Waals surface area contributed by atoms with Gasteiger partial charge in [0.25, 0.3) is 0 Å². The van der Waals surface area contributed by atoms with E-state index >= 15 is 0 Å². The first-order valence-corrected chi connectivity index (χ1v) is 4.92. The molecule has 0 spiro atoms. The molecule has 0 radical (unpaired) electrons. The third-order valence-corrected chi connectivity index (χ3v) is 2.36. The summed E-state index contributed by atoms with van der Waals surface area (Å²) in [7, 11) is -5.65. The van der Waals surface area contributed by atoms with E-state index in [9.17, 15) is 26.4 Å². The van der Waals surface area contributed by atoms with E-state index in [1.54, 1.807) is 0 Å². The minimum Gasteiger partial charge on any atom is -0.430 e. The van der Waals surface area contributed by atoms with Gasteiger partial charge >= 0.3 is 21.8 Å². The van der Waals surface area contributed by atoms with Crippen LogP contribution in [0.2, 0.25) is 0 Å². The fourth-order valence-electron chi connectivity index (χ4n) is 0.680. The van der Waals surface area contributed by atoms with Crippen molar-refractivity contribution in [2.45, 2.75) is 11.6 Å². The van der Waals surface area contributed by atoms with Crippen LogP contribution in [0.25, 0.3) is 0 Å². The van der Waals surface area contributed by atoms with Gasteiger partial charge in [-0.25, -0.2) is 4.79 Å². The quantitative estimate of drug-likeness (QED) is 0.409. The number of halogens is 3. The van der Waals surface area contributed by atoms with Crippen molar-refractivity contribution < 1.29 is 40.0 Å². The Morgan fingerprint density at radius 1 is 1.47 bits per heavy atom. The molecule has 1 fully saturated rings. The van der Waals surface area contributed by atoms with Crippen LogP contribution in [-0.4, -0.2) is 39.4 Å². The second-order valence-electron chi connectivity index (χ2n) is 2.49. The number of ether oxygens (including phenoxy) is 2. The van der Waals surface area contributed by atoms with Gasteiger partial charge in [0, 0.05) is 0 Å². The Morgan fingerprint density at radius 2 is 2.07 bits per heavy atom. The fourth-order valence-corrected chi connectivity index (χ4v) is 1.14. The zero-order valence-electron chi connectivity index (χ0n) is 6.98. The summed E-state index contributed by atoms with van der Waals surface area (Å²) in [5.74, 6) is 0. The highest BCUT2D eigenvalue weighted by molar-refractivity contribution is 7.87. The van der Waals surface area contributed by atoms with E-state index in [2.05, 4.69) is 13.7 Å². The smallest absolute Gasteiger partial charge is 0.430 e. The fraction of sp³-hybridized carbons (Fsp3) is 0.800. The molecule has 0 aliphatic carbocycles. The maximum atomic E-state index is 11.7. The maximum Gasteiger partial charge on any atom is 0.523 e. The van der Waals surface area contributed by atoms with Gasteiger partial charge in [0.05, 0.1) is 0 Å². The first-order valence-electron chi connectivity index (χ1n) is 3.51. The van der Waals surface area contributed by atoms with E-state index in [0.717, 1.165) is 0 Å². The Balaban J connectivity index is 2.47. The van der Waals surface area contributed by atoms with Crippen LogP contribution in [0.5, 0.6) is 0 Å². The molecule has 0 N–H and O–H groups in total. The van der Waals surface area contributed by atoms with E-state index in [0.29, 0.717) is 0 Å². The molecule has 15 heavy (non-hydrogen) atoms. The molecular formula is C5H5F3O6S. The van der Waals surface area contributed by atoms with Gasteiger partial charge in [0.1, 0.15) is 13.2 Å². The first kappa shape index (κ1) is 12.0. The van der Waals surface area contributed by atoms with Crippen molar-refractivity contribution in [3.05, 3.63) is 0 Å². The van der Waals surface area contributed by atoms with Gasteiger partial charge in [0.15, 0.2) is 6.10 Å². The molecule has 0 aromatic rings. The largest absolute Gasteiger partial charge is 0.523 e. The predicted molar refractivity (Wildman–Crippen MR) is 37.1 cm³/mol. The van der Waals surface area contributed by atoms with Gasteiger partial charge in [-0.2, -0.15) is 21.6 Å². The van der Waals surface area contributed by atoms with E-state index in [1.165, 1.54) is 0 Å². The highest BCUT2D eigenvalue weighted by atomic mass is 32.2. The van der Waals surface area contributed by atoms with Gasteiger partial charge in [-0.05, 0) is 0 Å². The Hall–Kier alpha value is -1.03. The van der Waals surface area contributed by atoms with Gasteiger partial charge in [0.2, 0.25) is 0 Å². The van der Waals surface area contributed by atoms with Gasteiger partial charge < -0.3 is 9.47 Å². The zero-order valence-corrected chi connectivity index (χ0v) is 7.80. The van der Waals surface area contributed by atoms with Crippen molar-refractivity contribution in [2.24, 2.45) is 0 Å². The lowest BCUT2D eigenvalue weighted by Gasteiger charge is -2.09. The minimum absolute atomic E-state index is 0.341. The molecule has 1 aliphatic heterocycles. The molecule has 1 heterocycles. The molecule has 0 aromatic heterocycles. The van der Waals surface area contributed by atoms with Crippen LogP contribution in [-0.2, 0) is 23.8 Å². The molecule has 0 aromatic carbocycles. The lowest BCUT2D eigenvalue weighted by Crippen LogP contribution is -2.29. The number of hydrogen-bond donors (Lipinski definition) is 0. The van der Waals surface area contributed by atoms with E-state index in [-0.39, 0.29) is 6.61 Å². The zero-order chi connectivity index (χ0) is 11.7. The van der Waals surface area contributed by atoms with Crippen LogP contribution in [0.3, 0.4) is 0 Å². The van der Waals surface area contributed by atoms with Crippen LogP contribution in [0.15, 0.2) is 0 Å². The molecule has 1 atom stereocenters. The normalized spacial score (nSPS) is 22.3. The number of alkyl halides is 3. The van der Waals surface area contributed by atoms with Crippen LogP contribution in [0.4, 0.5) is 18.0 Å². The molecule has 1 aliphatic rings. The number of hydrogen-bond acceptors (Lipinski definition) is 6. The molecule has 10 heteroatoms. The Labute approximate surface area is 82.0 Å². The number of carbonyl (C=O) groups is 1. The van der Waals surface area contributed by atoms with Crippen molar-refractivity contribution in [2.75, 3.05) is 13.2 Å². The van der Waals surface area contributed by atoms with E-state index in [4.69, 9.17) is 0 Å². The Bertz CT molecular complexity index is 346. The summed E-state index contributed by atoms with van der Waals surface area (Å²) in [6.45, 7) is -1.26. The Morgan fingerprint density at radius 3 is 2.47 bits per heavy atom. The highest BCUT2D eigenvalue weighted by Gasteiger charge is 2.48. The standard InChI is InChI=1S/C5H5F3O6S/c6-5(7,8)15(10,11)13-2-3-1-12-4(9)14-3/h3H,1-2H2. The van der Waals surface area contributed by atoms with Crippen molar-refractivity contribution in [3.8, 4) is 0 Å². The van der Waals surface area contributed by atoms with Crippen LogP contribution >= 0.6 is 0 Å². The van der Waals surface area contributed by atoms with Crippen molar-refractivity contribution >= 4 is 16.3 Å². The predicted octanol–water partition coefficient (Wildman–Crippen LogP) is 0.388. The summed E-state index contributed by atoms with van der Waals surface area (Å²) in [4.78, 5) is 10.3. The summed E-state index contributed by atoms with van der Waals surface area (Å²) in [6, 6.07) is 0. The highest BCUT2D eigenvalue weighted by Crippen LogP contribution is 2.25. The van der Waals surface area contributed by atoms with Gasteiger partial charge in [-0.15, -0.1) is 0 Å². The third-order valence-electron chi connectivity index (χ3n) is 1.34. The summed E-state index contributed by atoms with van der Waals surface area (Å²) < 4.78 is 68.0. The monoisotopic (exact) mass is 250 g/mol. The molecule has 0 amide bonds. The topological polar surface area (TPSA) is 78.9 Å². The summed E-state index contributed by atoms with van der Waals surface area (Å²) >= 11 is 0. The van der Waals surface area contributed by atoms with Crippen molar-refractivity contribution in [1.82, 2.24) is 0 Å². The van der Waals surface area contributed by atoms with E-state index in [1.807, 2.05) is 0 Å². The van der Waals surface area contributed by atoms with Crippen LogP contribution in [0.1, 0.15) is 0 Å². The van der Waals surface area contributed by atoms with Crippen molar-refractivity contribution in [1.29, 1.82) is 0 Å². The van der Waals surface area contributed by atoms with Gasteiger partial charge in [-0.3, -0.25) is 4.18 Å². The molecule has 6 nitrogen and oxygen atoms in total. The lowest BCUT2D eigenvalue weighted by atomic mass is 10.4. The van der Waals surface area contributed by atoms with Gasteiger partial charge in [-0.1, -0.05) is 0 Å². The summed E-state index contributed by atoms with van der Waals surface area (Å²) in [5, 5.41) is 0. The number of cyclic esters (lactones) is 2. The Kier molecular flexibility index (Phi) is 3.09. The lowest BCUT2D eigenvalue weighted by molar-refractivity contribution is -0.0559. The molecular weight excluding hydrogens is 245 g/mol. The number of carbonyl (C=O) groups excluding carboxylic acids is 1. The van der Waals surface area contributed by atoms with E-state index < -0.39 is 34.5 Å². The number of rotatable bonds is 3. The maximum absolute atomic E-state index is 11.7. The molecule has 88 valence electrons. The molecule has 1 unspecified atom stereocenters. The third kappa shape index (κ3) is 2.96. The average molecular weight is 250 g/mol. The summed E-state index contributed by atoms with van der Waals surface area (Å²) in [5.41, 5.74) is -5.49. The average Bonchev–Trinajstić information content (AvgIpc) is 2.46. The molecule has 1 rings (SSSR count). The first-order chi connectivity index (χ1) is 6.72. The minimum atomic E-state index is -5.65. The van der Waals surface area contributed by atoms with Crippen LogP contribution < -0.4 is 0 Å². The van der Waals surface area contributed by atoms with Crippen LogP contribution in [0, 0.1) is 0 Å². The molecule has 0 saturated carbocycles. The molecule has 1 saturated heterocycles.